The molecule has 19 heavy (non-hydrogen) atoms. The molecular weight excluding hydrogens is 264 g/mol. The molecule has 0 aromatic carbocycles. The van der Waals surface area contributed by atoms with Gasteiger partial charge in [-0.3, -0.25) is 4.79 Å². The lowest BCUT2D eigenvalue weighted by Crippen LogP contribution is -2.45. The van der Waals surface area contributed by atoms with E-state index < -0.39 is 0 Å². The van der Waals surface area contributed by atoms with Crippen LogP contribution in [0.2, 0.25) is 0 Å². The van der Waals surface area contributed by atoms with Crippen LogP contribution in [0.1, 0.15) is 25.6 Å². The number of methoxy groups -OCH3 is 1. The maximum atomic E-state index is 11.3. The zero-order valence-corrected chi connectivity index (χ0v) is 12.2. The van der Waals surface area contributed by atoms with Gasteiger partial charge in [0, 0.05) is 37.6 Å². The summed E-state index contributed by atoms with van der Waals surface area (Å²) >= 11 is 1.38. The van der Waals surface area contributed by atoms with E-state index in [0.717, 1.165) is 23.8 Å². The molecule has 1 aliphatic rings. The van der Waals surface area contributed by atoms with Crippen molar-refractivity contribution in [1.29, 1.82) is 0 Å². The molecule has 1 fully saturated rings. The van der Waals surface area contributed by atoms with Crippen molar-refractivity contribution in [3.05, 3.63) is 5.82 Å². The zero-order chi connectivity index (χ0) is 13.8. The molecule has 0 unspecified atom stereocenters. The number of aromatic nitrogens is 2. The molecule has 2 heterocycles. The maximum absolute atomic E-state index is 11.3. The Morgan fingerprint density at radius 1 is 1.58 bits per heavy atom. The summed E-state index contributed by atoms with van der Waals surface area (Å²) in [4.78, 5) is 18.0. The Hall–Kier alpha value is -1.21. The van der Waals surface area contributed by atoms with Crippen LogP contribution >= 0.6 is 11.5 Å². The van der Waals surface area contributed by atoms with Gasteiger partial charge in [-0.2, -0.15) is 4.37 Å². The van der Waals surface area contributed by atoms with Crippen LogP contribution in [0.3, 0.4) is 0 Å². The molecule has 0 saturated carbocycles. The number of ether oxygens (including phenoxy) is 1. The van der Waals surface area contributed by atoms with Crippen molar-refractivity contribution in [2.75, 3.05) is 25.2 Å². The van der Waals surface area contributed by atoms with Gasteiger partial charge in [-0.15, -0.1) is 0 Å². The molecule has 0 radical (unpaired) electrons. The predicted molar refractivity (Wildman–Crippen MR) is 74.2 cm³/mol. The van der Waals surface area contributed by atoms with E-state index in [1.165, 1.54) is 11.5 Å². The Morgan fingerprint density at radius 2 is 2.37 bits per heavy atom. The molecule has 1 aromatic heterocycles. The normalized spacial score (nSPS) is 23.6. The molecule has 2 N–H and O–H groups in total. The minimum Gasteiger partial charge on any atom is -0.384 e. The quantitative estimate of drug-likeness (QED) is 0.865. The molecule has 7 heteroatoms. The summed E-state index contributed by atoms with van der Waals surface area (Å²) in [5, 5.41) is 0.879. The van der Waals surface area contributed by atoms with E-state index in [2.05, 4.69) is 21.2 Å². The van der Waals surface area contributed by atoms with Gasteiger partial charge in [0.2, 0.25) is 11.0 Å². The second kappa shape index (κ2) is 6.29. The third-order valence-electron chi connectivity index (χ3n) is 3.52. The first-order valence-corrected chi connectivity index (χ1v) is 7.26. The summed E-state index contributed by atoms with van der Waals surface area (Å²) in [6, 6.07) is 0.374. The van der Waals surface area contributed by atoms with Crippen molar-refractivity contribution < 1.29 is 9.53 Å². The minimum absolute atomic E-state index is 0.0810. The van der Waals surface area contributed by atoms with Crippen LogP contribution in [0.25, 0.3) is 0 Å². The summed E-state index contributed by atoms with van der Waals surface area (Å²) in [5.74, 6) is 0.499. The number of carbonyl (C=O) groups is 1. The van der Waals surface area contributed by atoms with E-state index in [-0.39, 0.29) is 11.8 Å². The topological polar surface area (TPSA) is 81.3 Å². The predicted octanol–water partition coefficient (Wildman–Crippen LogP) is 0.817. The Kier molecular flexibility index (Phi) is 4.71. The first-order chi connectivity index (χ1) is 9.11. The number of hydrogen-bond donors (Lipinski definition) is 1. The number of piperidine rings is 1. The van der Waals surface area contributed by atoms with Crippen molar-refractivity contribution in [2.24, 2.45) is 11.7 Å². The number of anilines is 1. The van der Waals surface area contributed by atoms with E-state index in [0.29, 0.717) is 25.6 Å². The summed E-state index contributed by atoms with van der Waals surface area (Å²) in [6.07, 6.45) is 2.54. The molecule has 0 aliphatic carbocycles. The fourth-order valence-corrected chi connectivity index (χ4v) is 3.09. The van der Waals surface area contributed by atoms with Crippen molar-refractivity contribution in [3.8, 4) is 0 Å². The van der Waals surface area contributed by atoms with Crippen LogP contribution in [-0.2, 0) is 16.0 Å². The van der Waals surface area contributed by atoms with E-state index in [1.54, 1.807) is 7.11 Å². The molecule has 1 saturated heterocycles. The number of primary amides is 1. The average molecular weight is 284 g/mol. The largest absolute Gasteiger partial charge is 0.384 e. The fourth-order valence-electron chi connectivity index (χ4n) is 2.26. The Balaban J connectivity index is 2.05. The molecule has 0 spiro atoms. The Morgan fingerprint density at radius 3 is 3.05 bits per heavy atom. The van der Waals surface area contributed by atoms with Crippen molar-refractivity contribution in [1.82, 2.24) is 9.36 Å². The first kappa shape index (κ1) is 14.2. The number of nitrogens with zero attached hydrogens (tertiary/aromatic N) is 3. The van der Waals surface area contributed by atoms with Crippen LogP contribution in [0.4, 0.5) is 5.13 Å². The third-order valence-corrected chi connectivity index (χ3v) is 4.31. The number of hydrogen-bond acceptors (Lipinski definition) is 6. The molecular formula is C12H20N4O2S. The Labute approximate surface area is 117 Å². The van der Waals surface area contributed by atoms with Crippen molar-refractivity contribution >= 4 is 22.6 Å². The summed E-state index contributed by atoms with van der Waals surface area (Å²) in [5.41, 5.74) is 5.41. The zero-order valence-electron chi connectivity index (χ0n) is 11.3. The van der Waals surface area contributed by atoms with Gasteiger partial charge in [-0.1, -0.05) is 0 Å². The summed E-state index contributed by atoms with van der Waals surface area (Å²) < 4.78 is 9.35. The SMILES string of the molecule is COCCc1nsc(N2C[C@H](C(N)=O)CC[C@@H]2C)n1. The summed E-state index contributed by atoms with van der Waals surface area (Å²) in [7, 11) is 1.66. The molecule has 1 amide bonds. The smallest absolute Gasteiger partial charge is 0.222 e. The highest BCUT2D eigenvalue weighted by atomic mass is 32.1. The lowest BCUT2D eigenvalue weighted by atomic mass is 9.93. The van der Waals surface area contributed by atoms with Crippen LogP contribution in [-0.4, -0.2) is 41.6 Å². The Bertz CT molecular complexity index is 437. The van der Waals surface area contributed by atoms with E-state index in [4.69, 9.17) is 10.5 Å². The second-order valence-electron chi connectivity index (χ2n) is 4.91. The fraction of sp³-hybridized carbons (Fsp3) is 0.750. The molecule has 6 nitrogen and oxygen atoms in total. The standard InChI is InChI=1S/C12H20N4O2S/c1-8-3-4-9(11(13)17)7-16(8)12-14-10(15-19-12)5-6-18-2/h8-9H,3-7H2,1-2H3,(H2,13,17)/t8-,9+/m0/s1. The molecule has 2 rings (SSSR count). The first-order valence-electron chi connectivity index (χ1n) is 6.49. The van der Waals surface area contributed by atoms with Gasteiger partial charge in [-0.25, -0.2) is 4.98 Å². The third kappa shape index (κ3) is 3.42. The molecule has 2 atom stereocenters. The molecule has 0 bridgehead atoms. The van der Waals surface area contributed by atoms with Gasteiger partial charge in [0.25, 0.3) is 0 Å². The van der Waals surface area contributed by atoms with Crippen molar-refractivity contribution in [3.63, 3.8) is 0 Å². The van der Waals surface area contributed by atoms with Gasteiger partial charge in [0.1, 0.15) is 5.82 Å². The van der Waals surface area contributed by atoms with E-state index in [1.807, 2.05) is 0 Å². The minimum atomic E-state index is -0.221. The molecule has 1 aliphatic heterocycles. The van der Waals surface area contributed by atoms with E-state index >= 15 is 0 Å². The van der Waals surface area contributed by atoms with Crippen LogP contribution in [0.15, 0.2) is 0 Å². The van der Waals surface area contributed by atoms with Gasteiger partial charge in [0.05, 0.1) is 12.5 Å². The van der Waals surface area contributed by atoms with E-state index in [9.17, 15) is 4.79 Å². The van der Waals surface area contributed by atoms with Gasteiger partial charge < -0.3 is 15.4 Å². The number of amides is 1. The number of carbonyl (C=O) groups excluding carboxylic acids is 1. The highest BCUT2D eigenvalue weighted by Gasteiger charge is 2.30. The van der Waals surface area contributed by atoms with Gasteiger partial charge >= 0.3 is 0 Å². The molecule has 106 valence electrons. The second-order valence-corrected chi connectivity index (χ2v) is 5.64. The average Bonchev–Trinajstić information content (AvgIpc) is 2.85. The van der Waals surface area contributed by atoms with Crippen LogP contribution < -0.4 is 10.6 Å². The highest BCUT2D eigenvalue weighted by Crippen LogP contribution is 2.28. The summed E-state index contributed by atoms with van der Waals surface area (Å²) in [6.45, 7) is 3.42. The van der Waals surface area contributed by atoms with Gasteiger partial charge in [-0.05, 0) is 19.8 Å². The van der Waals surface area contributed by atoms with Crippen LogP contribution in [0.5, 0.6) is 0 Å². The highest BCUT2D eigenvalue weighted by molar-refractivity contribution is 7.09. The number of nitrogens with two attached hydrogens (primary N) is 1. The monoisotopic (exact) mass is 284 g/mol. The van der Waals surface area contributed by atoms with Gasteiger partial charge in [0.15, 0.2) is 0 Å². The maximum Gasteiger partial charge on any atom is 0.222 e. The molecule has 1 aromatic rings. The van der Waals surface area contributed by atoms with Crippen molar-refractivity contribution in [2.45, 2.75) is 32.2 Å². The van der Waals surface area contributed by atoms with Crippen LogP contribution in [0, 0.1) is 5.92 Å². The number of rotatable bonds is 5. The lowest BCUT2D eigenvalue weighted by Gasteiger charge is -2.36. The lowest BCUT2D eigenvalue weighted by molar-refractivity contribution is -0.122.